The van der Waals surface area contributed by atoms with Crippen LogP contribution < -0.4 is 15.6 Å². The number of hydrogen-bond acceptors (Lipinski definition) is 8. The summed E-state index contributed by atoms with van der Waals surface area (Å²) in [5, 5.41) is 8.88. The number of nitrogens with one attached hydrogen (secondary N) is 2. The molecule has 1 aromatic carbocycles. The van der Waals surface area contributed by atoms with E-state index < -0.39 is 0 Å². The van der Waals surface area contributed by atoms with Crippen LogP contribution in [0.25, 0.3) is 21.6 Å². The molecule has 2 aromatic heterocycles. The van der Waals surface area contributed by atoms with Gasteiger partial charge in [-0.2, -0.15) is 5.10 Å². The van der Waals surface area contributed by atoms with Crippen LogP contribution in [0.2, 0.25) is 0 Å². The van der Waals surface area contributed by atoms with Gasteiger partial charge in [-0.1, -0.05) is 36.4 Å². The Kier molecular flexibility index (Phi) is 6.37. The molecule has 0 amide bonds. The first kappa shape index (κ1) is 21.6. The molecule has 1 saturated heterocycles. The highest BCUT2D eigenvalue weighted by Crippen LogP contribution is 2.38. The van der Waals surface area contributed by atoms with E-state index in [1.165, 1.54) is 5.56 Å². The van der Waals surface area contributed by atoms with Gasteiger partial charge in [0.05, 0.1) is 41.2 Å². The Bertz CT molecular complexity index is 1240. The number of hydrazone groups is 1. The fraction of sp³-hybridized carbons (Fsp3) is 0.320. The van der Waals surface area contributed by atoms with Crippen LogP contribution in [-0.4, -0.2) is 42.5 Å². The zero-order valence-electron chi connectivity index (χ0n) is 19.0. The Morgan fingerprint density at radius 2 is 2.15 bits per heavy atom. The fourth-order valence-corrected chi connectivity index (χ4v) is 5.15. The highest BCUT2D eigenvalue weighted by molar-refractivity contribution is 7.23. The number of benzene rings is 1. The lowest BCUT2D eigenvalue weighted by Gasteiger charge is -2.28. The SMILES string of the molecule is C/C=C\C/C=C(\C)Nc1cc2nc(-c3cccc4c3C=NNC4)nc(N3CCOCC3)c2s1. The molecule has 0 atom stereocenters. The van der Waals surface area contributed by atoms with E-state index in [1.54, 1.807) is 11.3 Å². The average molecular weight is 461 g/mol. The monoisotopic (exact) mass is 460 g/mol. The lowest BCUT2D eigenvalue weighted by atomic mass is 10.0. The largest absolute Gasteiger partial charge is 0.378 e. The Morgan fingerprint density at radius 3 is 3.00 bits per heavy atom. The van der Waals surface area contributed by atoms with E-state index in [0.717, 1.165) is 63.2 Å². The fourth-order valence-electron chi connectivity index (χ4n) is 4.07. The molecule has 0 spiro atoms. The van der Waals surface area contributed by atoms with E-state index in [1.807, 2.05) is 13.1 Å². The van der Waals surface area contributed by atoms with Gasteiger partial charge in [0, 0.05) is 29.9 Å². The summed E-state index contributed by atoms with van der Waals surface area (Å²) < 4.78 is 6.70. The number of fused-ring (bicyclic) bond motifs is 2. The first-order valence-electron chi connectivity index (χ1n) is 11.3. The molecular weight excluding hydrogens is 432 g/mol. The number of nitrogens with zero attached hydrogens (tertiary/aromatic N) is 4. The summed E-state index contributed by atoms with van der Waals surface area (Å²) in [6.07, 6.45) is 9.18. The maximum absolute atomic E-state index is 5.60. The molecule has 33 heavy (non-hydrogen) atoms. The normalized spacial score (nSPS) is 16.3. The van der Waals surface area contributed by atoms with E-state index in [2.05, 4.69) is 70.2 Å². The first-order chi connectivity index (χ1) is 16.2. The molecule has 2 aliphatic rings. The first-order valence-corrected chi connectivity index (χ1v) is 12.1. The van der Waals surface area contributed by atoms with Crippen molar-refractivity contribution in [1.29, 1.82) is 0 Å². The maximum Gasteiger partial charge on any atom is 0.162 e. The number of allylic oxidation sites excluding steroid dienone is 4. The summed E-state index contributed by atoms with van der Waals surface area (Å²) in [4.78, 5) is 12.4. The minimum absolute atomic E-state index is 0.711. The van der Waals surface area contributed by atoms with Gasteiger partial charge in [-0.15, -0.1) is 11.3 Å². The van der Waals surface area contributed by atoms with E-state index in [-0.39, 0.29) is 0 Å². The lowest BCUT2D eigenvalue weighted by Crippen LogP contribution is -2.36. The minimum Gasteiger partial charge on any atom is -0.378 e. The third kappa shape index (κ3) is 4.62. The molecule has 5 rings (SSSR count). The summed E-state index contributed by atoms with van der Waals surface area (Å²) >= 11 is 1.70. The lowest BCUT2D eigenvalue weighted by molar-refractivity contribution is 0.122. The molecule has 1 fully saturated rings. The Morgan fingerprint density at radius 1 is 1.27 bits per heavy atom. The van der Waals surface area contributed by atoms with Crippen molar-refractivity contribution >= 4 is 38.6 Å². The maximum atomic E-state index is 5.60. The summed E-state index contributed by atoms with van der Waals surface area (Å²) in [5.41, 5.74) is 8.42. The van der Waals surface area contributed by atoms with Crippen LogP contribution >= 0.6 is 11.3 Å². The molecule has 2 aliphatic heterocycles. The molecule has 170 valence electrons. The van der Waals surface area contributed by atoms with Crippen molar-refractivity contribution in [3.05, 3.63) is 59.3 Å². The zero-order chi connectivity index (χ0) is 22.6. The highest BCUT2D eigenvalue weighted by atomic mass is 32.1. The van der Waals surface area contributed by atoms with Crippen molar-refractivity contribution in [2.24, 2.45) is 5.10 Å². The van der Waals surface area contributed by atoms with Gasteiger partial charge < -0.3 is 20.4 Å². The number of thiophene rings is 1. The average Bonchev–Trinajstić information content (AvgIpc) is 3.26. The van der Waals surface area contributed by atoms with Crippen LogP contribution in [0.1, 0.15) is 31.4 Å². The smallest absolute Gasteiger partial charge is 0.162 e. The third-order valence-corrected chi connectivity index (χ3v) is 6.81. The van der Waals surface area contributed by atoms with Gasteiger partial charge in [0.25, 0.3) is 0 Å². The molecule has 0 bridgehead atoms. The van der Waals surface area contributed by atoms with Crippen LogP contribution in [0.5, 0.6) is 0 Å². The van der Waals surface area contributed by atoms with Crippen molar-refractivity contribution in [3.8, 4) is 11.4 Å². The van der Waals surface area contributed by atoms with E-state index in [0.29, 0.717) is 19.8 Å². The third-order valence-electron chi connectivity index (χ3n) is 5.77. The molecule has 0 aliphatic carbocycles. The predicted octanol–water partition coefficient (Wildman–Crippen LogP) is 4.91. The van der Waals surface area contributed by atoms with Crippen LogP contribution in [0.3, 0.4) is 0 Å². The molecule has 0 radical (unpaired) electrons. The van der Waals surface area contributed by atoms with Crippen LogP contribution in [-0.2, 0) is 11.3 Å². The van der Waals surface area contributed by atoms with Gasteiger partial charge in [-0.3, -0.25) is 0 Å². The van der Waals surface area contributed by atoms with Gasteiger partial charge >= 0.3 is 0 Å². The Labute approximate surface area is 197 Å². The second-order valence-electron chi connectivity index (χ2n) is 8.08. The Balaban J connectivity index is 1.59. The van der Waals surface area contributed by atoms with Crippen LogP contribution in [0.4, 0.5) is 10.8 Å². The number of rotatable bonds is 6. The Hall–Kier alpha value is -3.23. The van der Waals surface area contributed by atoms with Crippen LogP contribution in [0, 0.1) is 0 Å². The molecule has 4 heterocycles. The number of ether oxygens (including phenoxy) is 1. The summed E-state index contributed by atoms with van der Waals surface area (Å²) in [5.74, 6) is 1.72. The van der Waals surface area contributed by atoms with Gasteiger partial charge in [0.15, 0.2) is 11.6 Å². The molecule has 7 nitrogen and oxygen atoms in total. The van der Waals surface area contributed by atoms with Gasteiger partial charge in [-0.25, -0.2) is 9.97 Å². The van der Waals surface area contributed by atoms with E-state index >= 15 is 0 Å². The number of anilines is 2. The number of aromatic nitrogens is 2. The standard InChI is InChI=1S/C25H28N6OS/c1-3-4-5-7-17(2)28-22-14-21-23(33-22)25(31-10-12-32-13-11-31)30-24(29-21)19-9-6-8-18-15-26-27-16-20(18)19/h3-4,6-9,14,16,26,28H,5,10-13,15H2,1-2H3/b4-3-,17-7+. The molecular formula is C25H28N6OS. The molecule has 0 saturated carbocycles. The van der Waals surface area contributed by atoms with Crippen molar-refractivity contribution in [2.75, 3.05) is 36.5 Å². The summed E-state index contributed by atoms with van der Waals surface area (Å²) in [6, 6.07) is 8.40. The number of morpholine rings is 1. The quantitative estimate of drug-likeness (QED) is 0.509. The van der Waals surface area contributed by atoms with Crippen LogP contribution in [0.15, 0.2) is 53.3 Å². The van der Waals surface area contributed by atoms with Crippen molar-refractivity contribution in [1.82, 2.24) is 15.4 Å². The molecule has 8 heteroatoms. The predicted molar refractivity (Wildman–Crippen MR) is 137 cm³/mol. The molecule has 0 unspecified atom stereocenters. The van der Waals surface area contributed by atoms with E-state index in [9.17, 15) is 0 Å². The van der Waals surface area contributed by atoms with Crippen molar-refractivity contribution < 1.29 is 4.74 Å². The van der Waals surface area contributed by atoms with Crippen molar-refractivity contribution in [3.63, 3.8) is 0 Å². The second-order valence-corrected chi connectivity index (χ2v) is 9.14. The van der Waals surface area contributed by atoms with Crippen molar-refractivity contribution in [2.45, 2.75) is 26.8 Å². The highest BCUT2D eigenvalue weighted by Gasteiger charge is 2.22. The van der Waals surface area contributed by atoms with Gasteiger partial charge in [-0.05, 0) is 31.9 Å². The van der Waals surface area contributed by atoms with Gasteiger partial charge in [0.2, 0.25) is 0 Å². The number of hydrogen-bond donors (Lipinski definition) is 2. The second kappa shape index (κ2) is 9.72. The summed E-state index contributed by atoms with van der Waals surface area (Å²) in [7, 11) is 0. The summed E-state index contributed by atoms with van der Waals surface area (Å²) in [6.45, 7) is 7.92. The minimum atomic E-state index is 0.711. The van der Waals surface area contributed by atoms with E-state index in [4.69, 9.17) is 14.7 Å². The molecule has 2 N–H and O–H groups in total. The zero-order valence-corrected chi connectivity index (χ0v) is 19.8. The topological polar surface area (TPSA) is 74.7 Å². The van der Waals surface area contributed by atoms with Gasteiger partial charge in [0.1, 0.15) is 0 Å². The molecule has 3 aromatic rings.